The zero-order valence-corrected chi connectivity index (χ0v) is 21.6. The van der Waals surface area contributed by atoms with Crippen LogP contribution in [-0.4, -0.2) is 37.0 Å². The number of benzene rings is 3. The molecule has 3 aromatic carbocycles. The molecular weight excluding hydrogens is 484 g/mol. The van der Waals surface area contributed by atoms with Crippen molar-refractivity contribution in [2.45, 2.75) is 39.5 Å². The quantitative estimate of drug-likeness (QED) is 0.222. The Hall–Kier alpha value is -4.46. The fourth-order valence-electron chi connectivity index (χ4n) is 3.44. The molecule has 2 N–H and O–H groups in total. The molecule has 198 valence electrons. The summed E-state index contributed by atoms with van der Waals surface area (Å²) in [4.78, 5) is 50.1. The molecule has 0 spiro atoms. The van der Waals surface area contributed by atoms with Crippen LogP contribution >= 0.6 is 0 Å². The van der Waals surface area contributed by atoms with Gasteiger partial charge in [0, 0.05) is 11.4 Å². The van der Waals surface area contributed by atoms with Crippen LogP contribution in [0.15, 0.2) is 72.8 Å². The minimum Gasteiger partial charge on any atom is -0.462 e. The standard InChI is InChI=1S/C30H32N2O6/c1-3-5-19-37-29(35)21-11-15-23(16-12-21)31-27(33)25-9-7-8-10-26(25)28(34)32-24-17-13-22(14-18-24)30(36)38-20-6-4-2/h7-18H,3-6,19-20H2,1-2H3,(H,31,33)(H,32,34). The van der Waals surface area contributed by atoms with Gasteiger partial charge in [0.2, 0.25) is 0 Å². The van der Waals surface area contributed by atoms with Crippen LogP contribution in [-0.2, 0) is 9.47 Å². The highest BCUT2D eigenvalue weighted by atomic mass is 16.5. The molecule has 0 heterocycles. The van der Waals surface area contributed by atoms with Crippen molar-refractivity contribution in [1.29, 1.82) is 0 Å². The summed E-state index contributed by atoms with van der Waals surface area (Å²) in [6.07, 6.45) is 3.46. The molecule has 0 saturated heterocycles. The Labute approximate surface area is 222 Å². The van der Waals surface area contributed by atoms with Crippen LogP contribution in [0, 0.1) is 0 Å². The molecule has 0 atom stereocenters. The van der Waals surface area contributed by atoms with Crippen molar-refractivity contribution in [3.05, 3.63) is 95.1 Å². The Morgan fingerprint density at radius 3 is 1.29 bits per heavy atom. The molecule has 3 aromatic rings. The van der Waals surface area contributed by atoms with E-state index < -0.39 is 23.8 Å². The second kappa shape index (κ2) is 14.3. The van der Waals surface area contributed by atoms with Crippen LogP contribution in [0.1, 0.15) is 81.0 Å². The lowest BCUT2D eigenvalue weighted by Gasteiger charge is -2.12. The number of hydrogen-bond acceptors (Lipinski definition) is 6. The Morgan fingerprint density at radius 2 is 0.947 bits per heavy atom. The fourth-order valence-corrected chi connectivity index (χ4v) is 3.44. The summed E-state index contributed by atoms with van der Waals surface area (Å²) in [7, 11) is 0. The zero-order valence-electron chi connectivity index (χ0n) is 21.6. The third-order valence-corrected chi connectivity index (χ3v) is 5.64. The highest BCUT2D eigenvalue weighted by molar-refractivity contribution is 6.15. The van der Waals surface area contributed by atoms with Gasteiger partial charge >= 0.3 is 11.9 Å². The smallest absolute Gasteiger partial charge is 0.338 e. The summed E-state index contributed by atoms with van der Waals surface area (Å²) in [6.45, 7) is 4.75. The van der Waals surface area contributed by atoms with Crippen LogP contribution < -0.4 is 10.6 Å². The third kappa shape index (κ3) is 8.03. The maximum atomic E-state index is 13.0. The van der Waals surface area contributed by atoms with Gasteiger partial charge in [0.15, 0.2) is 0 Å². The molecule has 0 bridgehead atoms. The number of unbranched alkanes of at least 4 members (excludes halogenated alkanes) is 2. The monoisotopic (exact) mass is 516 g/mol. The number of carbonyl (C=O) groups is 4. The number of anilines is 2. The Morgan fingerprint density at radius 1 is 0.579 bits per heavy atom. The van der Waals surface area contributed by atoms with Gasteiger partial charge < -0.3 is 20.1 Å². The zero-order chi connectivity index (χ0) is 27.3. The van der Waals surface area contributed by atoms with Crippen LogP contribution in [0.4, 0.5) is 11.4 Å². The number of ether oxygens (including phenoxy) is 2. The predicted molar refractivity (Wildman–Crippen MR) is 146 cm³/mol. The molecular formula is C30H32N2O6. The van der Waals surface area contributed by atoms with E-state index in [2.05, 4.69) is 10.6 Å². The van der Waals surface area contributed by atoms with Gasteiger partial charge in [-0.1, -0.05) is 38.8 Å². The molecule has 0 radical (unpaired) electrons. The molecule has 0 aliphatic heterocycles. The van der Waals surface area contributed by atoms with E-state index in [1.807, 2.05) is 13.8 Å². The Balaban J connectivity index is 1.63. The summed E-state index contributed by atoms with van der Waals surface area (Å²) < 4.78 is 10.4. The lowest BCUT2D eigenvalue weighted by molar-refractivity contribution is 0.0490. The SMILES string of the molecule is CCCCOC(=O)c1ccc(NC(=O)c2ccccc2C(=O)Nc2ccc(C(=O)OCCCC)cc2)cc1. The van der Waals surface area contributed by atoms with Crippen molar-refractivity contribution in [3.63, 3.8) is 0 Å². The maximum absolute atomic E-state index is 13.0. The van der Waals surface area contributed by atoms with E-state index in [9.17, 15) is 19.2 Å². The summed E-state index contributed by atoms with van der Waals surface area (Å²) in [6, 6.07) is 19.2. The first-order valence-electron chi connectivity index (χ1n) is 12.7. The van der Waals surface area contributed by atoms with Gasteiger partial charge in [-0.05, 0) is 73.5 Å². The van der Waals surface area contributed by atoms with E-state index in [-0.39, 0.29) is 11.1 Å². The first-order valence-corrected chi connectivity index (χ1v) is 12.7. The molecule has 0 unspecified atom stereocenters. The summed E-state index contributed by atoms with van der Waals surface area (Å²) >= 11 is 0. The third-order valence-electron chi connectivity index (χ3n) is 5.64. The van der Waals surface area contributed by atoms with Gasteiger partial charge in [0.25, 0.3) is 11.8 Å². The Kier molecular flexibility index (Phi) is 10.6. The highest BCUT2D eigenvalue weighted by Gasteiger charge is 2.18. The number of amides is 2. The van der Waals surface area contributed by atoms with E-state index in [4.69, 9.17) is 9.47 Å². The van der Waals surface area contributed by atoms with Crippen molar-refractivity contribution in [2.24, 2.45) is 0 Å². The van der Waals surface area contributed by atoms with Gasteiger partial charge in [-0.3, -0.25) is 9.59 Å². The van der Waals surface area contributed by atoms with Crippen LogP contribution in [0.3, 0.4) is 0 Å². The van der Waals surface area contributed by atoms with E-state index in [1.165, 1.54) is 0 Å². The highest BCUT2D eigenvalue weighted by Crippen LogP contribution is 2.17. The average molecular weight is 517 g/mol. The van der Waals surface area contributed by atoms with E-state index in [0.717, 1.165) is 25.7 Å². The molecule has 8 nitrogen and oxygen atoms in total. The fraction of sp³-hybridized carbons (Fsp3) is 0.267. The van der Waals surface area contributed by atoms with Crippen molar-refractivity contribution >= 4 is 35.1 Å². The van der Waals surface area contributed by atoms with Gasteiger partial charge in [-0.15, -0.1) is 0 Å². The van der Waals surface area contributed by atoms with Crippen molar-refractivity contribution in [2.75, 3.05) is 23.8 Å². The number of esters is 2. The van der Waals surface area contributed by atoms with Gasteiger partial charge in [0.05, 0.1) is 35.5 Å². The lowest BCUT2D eigenvalue weighted by atomic mass is 10.1. The molecule has 8 heteroatoms. The molecule has 2 amide bonds. The first kappa shape index (κ1) is 28.1. The second-order valence-electron chi connectivity index (χ2n) is 8.59. The molecule has 38 heavy (non-hydrogen) atoms. The van der Waals surface area contributed by atoms with Crippen LogP contribution in [0.25, 0.3) is 0 Å². The van der Waals surface area contributed by atoms with Gasteiger partial charge in [-0.25, -0.2) is 9.59 Å². The van der Waals surface area contributed by atoms with Crippen molar-refractivity contribution in [1.82, 2.24) is 0 Å². The normalized spacial score (nSPS) is 10.4. The minimum atomic E-state index is -0.473. The van der Waals surface area contributed by atoms with Crippen LogP contribution in [0.2, 0.25) is 0 Å². The van der Waals surface area contributed by atoms with Crippen molar-refractivity contribution < 1.29 is 28.7 Å². The lowest BCUT2D eigenvalue weighted by Crippen LogP contribution is -2.20. The van der Waals surface area contributed by atoms with E-state index in [1.54, 1.807) is 72.8 Å². The summed E-state index contributed by atoms with van der Waals surface area (Å²) in [5, 5.41) is 5.51. The maximum Gasteiger partial charge on any atom is 0.338 e. The molecule has 0 aliphatic rings. The average Bonchev–Trinajstić information content (AvgIpc) is 2.94. The van der Waals surface area contributed by atoms with Gasteiger partial charge in [0.1, 0.15) is 0 Å². The Bertz CT molecular complexity index is 1150. The largest absolute Gasteiger partial charge is 0.462 e. The second-order valence-corrected chi connectivity index (χ2v) is 8.59. The topological polar surface area (TPSA) is 111 Å². The van der Waals surface area contributed by atoms with Crippen LogP contribution in [0.5, 0.6) is 0 Å². The number of carbonyl (C=O) groups excluding carboxylic acids is 4. The molecule has 0 aliphatic carbocycles. The molecule has 0 fully saturated rings. The first-order chi connectivity index (χ1) is 18.4. The van der Waals surface area contributed by atoms with E-state index >= 15 is 0 Å². The van der Waals surface area contributed by atoms with Crippen molar-refractivity contribution in [3.8, 4) is 0 Å². The molecule has 3 rings (SSSR count). The summed E-state index contributed by atoms with van der Waals surface area (Å²) in [5.74, 6) is -1.78. The minimum absolute atomic E-state index is 0.184. The molecule has 0 aromatic heterocycles. The number of nitrogens with one attached hydrogen (secondary N) is 2. The number of rotatable bonds is 12. The molecule has 0 saturated carbocycles. The number of hydrogen-bond donors (Lipinski definition) is 2. The van der Waals surface area contributed by atoms with E-state index in [0.29, 0.717) is 35.7 Å². The predicted octanol–water partition coefficient (Wildman–Crippen LogP) is 6.11. The van der Waals surface area contributed by atoms with Gasteiger partial charge in [-0.2, -0.15) is 0 Å². The summed E-state index contributed by atoms with van der Waals surface area (Å²) in [5.41, 5.74) is 2.08.